The summed E-state index contributed by atoms with van der Waals surface area (Å²) in [6.07, 6.45) is 4.66. The molecule has 0 radical (unpaired) electrons. The van der Waals surface area contributed by atoms with Crippen LogP contribution in [0.15, 0.2) is 48.5 Å². The number of fused-ring (bicyclic) bond motifs is 2. The summed E-state index contributed by atoms with van der Waals surface area (Å²) >= 11 is 1.87. The third kappa shape index (κ3) is 3.36. The topological polar surface area (TPSA) is 35.6 Å². The van der Waals surface area contributed by atoms with Crippen LogP contribution in [0.5, 0.6) is 0 Å². The second-order valence-electron chi connectivity index (χ2n) is 6.66. The van der Waals surface area contributed by atoms with Crippen molar-refractivity contribution in [1.82, 2.24) is 18.5 Å². The van der Waals surface area contributed by atoms with Gasteiger partial charge in [0.1, 0.15) is 11.6 Å². The fourth-order valence-electron chi connectivity index (χ4n) is 3.42. The SMILES string of the molecule is Cc1nc2ccccc2n1SCCCCCc1nc2ccccc2n1C. The first-order chi connectivity index (χ1) is 12.7. The van der Waals surface area contributed by atoms with Gasteiger partial charge < -0.3 is 4.57 Å². The van der Waals surface area contributed by atoms with Gasteiger partial charge in [-0.3, -0.25) is 3.97 Å². The summed E-state index contributed by atoms with van der Waals surface area (Å²) < 4.78 is 4.49. The molecule has 0 bridgehead atoms. The summed E-state index contributed by atoms with van der Waals surface area (Å²) in [6, 6.07) is 16.7. The van der Waals surface area contributed by atoms with Gasteiger partial charge in [0.25, 0.3) is 0 Å². The third-order valence-corrected chi connectivity index (χ3v) is 6.01. The lowest BCUT2D eigenvalue weighted by atomic mass is 10.2. The number of benzene rings is 2. The molecule has 0 saturated carbocycles. The van der Waals surface area contributed by atoms with Gasteiger partial charge in [-0.05, 0) is 56.0 Å². The number of nitrogens with zero attached hydrogens (tertiary/aromatic N) is 4. The Labute approximate surface area is 158 Å². The molecule has 0 aliphatic heterocycles. The second kappa shape index (κ2) is 7.54. The Morgan fingerprint density at radius 1 is 0.846 bits per heavy atom. The Hall–Kier alpha value is -2.27. The van der Waals surface area contributed by atoms with E-state index in [-0.39, 0.29) is 0 Å². The van der Waals surface area contributed by atoms with E-state index in [0.717, 1.165) is 29.0 Å². The lowest BCUT2D eigenvalue weighted by Crippen LogP contribution is -1.98. The van der Waals surface area contributed by atoms with Crippen LogP contribution in [-0.2, 0) is 13.5 Å². The molecule has 4 rings (SSSR count). The number of unbranched alkanes of at least 4 members (excludes halogenated alkanes) is 2. The molecular formula is C21H24N4S. The molecule has 0 N–H and O–H groups in total. The van der Waals surface area contributed by atoms with Gasteiger partial charge in [-0.15, -0.1) is 0 Å². The summed E-state index contributed by atoms with van der Waals surface area (Å²) in [6.45, 7) is 2.08. The van der Waals surface area contributed by atoms with Crippen LogP contribution in [0.3, 0.4) is 0 Å². The molecule has 134 valence electrons. The Balaban J connectivity index is 1.27. The fourth-order valence-corrected chi connectivity index (χ4v) is 4.46. The Kier molecular flexibility index (Phi) is 4.98. The first-order valence-corrected chi connectivity index (χ1v) is 10.2. The van der Waals surface area contributed by atoms with Gasteiger partial charge in [0.15, 0.2) is 0 Å². The van der Waals surface area contributed by atoms with E-state index in [1.807, 2.05) is 18.0 Å². The lowest BCUT2D eigenvalue weighted by molar-refractivity contribution is 0.679. The maximum absolute atomic E-state index is 4.76. The largest absolute Gasteiger partial charge is 0.331 e. The summed E-state index contributed by atoms with van der Waals surface area (Å²) in [5.41, 5.74) is 4.62. The van der Waals surface area contributed by atoms with E-state index < -0.39 is 0 Å². The third-order valence-electron chi connectivity index (χ3n) is 4.82. The monoisotopic (exact) mass is 364 g/mol. The molecule has 0 unspecified atom stereocenters. The van der Waals surface area contributed by atoms with E-state index in [2.05, 4.69) is 70.0 Å². The van der Waals surface area contributed by atoms with Gasteiger partial charge in [0.05, 0.1) is 22.1 Å². The normalized spacial score (nSPS) is 11.6. The molecule has 0 spiro atoms. The van der Waals surface area contributed by atoms with Gasteiger partial charge in [0.2, 0.25) is 0 Å². The molecule has 0 atom stereocenters. The molecule has 0 fully saturated rings. The first kappa shape index (κ1) is 17.2. The minimum atomic E-state index is 1.04. The summed E-state index contributed by atoms with van der Waals surface area (Å²) in [4.78, 5) is 9.39. The molecule has 26 heavy (non-hydrogen) atoms. The first-order valence-electron chi connectivity index (χ1n) is 9.22. The van der Waals surface area contributed by atoms with Crippen LogP contribution in [0.2, 0.25) is 0 Å². The Morgan fingerprint density at radius 3 is 2.31 bits per heavy atom. The fraction of sp³-hybridized carbons (Fsp3) is 0.333. The number of hydrogen-bond donors (Lipinski definition) is 0. The van der Waals surface area contributed by atoms with Crippen LogP contribution in [0.25, 0.3) is 22.1 Å². The highest BCUT2D eigenvalue weighted by Gasteiger charge is 2.08. The smallest absolute Gasteiger partial charge is 0.116 e. The van der Waals surface area contributed by atoms with E-state index in [0.29, 0.717) is 0 Å². The standard InChI is InChI=1S/C21H24N4S/c1-16-22-18-11-6-8-13-20(18)25(16)26-15-9-3-4-14-21-23-17-10-5-7-12-19(17)24(21)2/h5-8,10-13H,3-4,9,14-15H2,1-2H3. The molecule has 2 aromatic carbocycles. The molecule has 2 heterocycles. The molecule has 5 heteroatoms. The second-order valence-corrected chi connectivity index (χ2v) is 7.69. The zero-order chi connectivity index (χ0) is 17.9. The molecule has 4 aromatic rings. The maximum atomic E-state index is 4.76. The highest BCUT2D eigenvalue weighted by atomic mass is 32.2. The minimum Gasteiger partial charge on any atom is -0.331 e. The highest BCUT2D eigenvalue weighted by molar-refractivity contribution is 7.98. The molecule has 0 aliphatic carbocycles. The average Bonchev–Trinajstić information content (AvgIpc) is 3.15. The van der Waals surface area contributed by atoms with Crippen molar-refractivity contribution in [2.75, 3.05) is 5.75 Å². The molecular weight excluding hydrogens is 340 g/mol. The quantitative estimate of drug-likeness (QED) is 0.426. The Morgan fingerprint density at radius 2 is 1.54 bits per heavy atom. The van der Waals surface area contributed by atoms with E-state index in [9.17, 15) is 0 Å². The minimum absolute atomic E-state index is 1.04. The van der Waals surface area contributed by atoms with Gasteiger partial charge in [0, 0.05) is 19.2 Å². The van der Waals surface area contributed by atoms with Crippen LogP contribution in [0, 0.1) is 6.92 Å². The van der Waals surface area contributed by atoms with Crippen LogP contribution < -0.4 is 0 Å². The van der Waals surface area contributed by atoms with Crippen molar-refractivity contribution in [3.05, 3.63) is 60.2 Å². The molecule has 0 saturated heterocycles. The van der Waals surface area contributed by atoms with Crippen molar-refractivity contribution in [3.8, 4) is 0 Å². The van der Waals surface area contributed by atoms with Crippen molar-refractivity contribution >= 4 is 34.0 Å². The number of hydrogen-bond acceptors (Lipinski definition) is 3. The van der Waals surface area contributed by atoms with Crippen molar-refractivity contribution < 1.29 is 0 Å². The van der Waals surface area contributed by atoms with Crippen LogP contribution in [0.1, 0.15) is 30.9 Å². The van der Waals surface area contributed by atoms with E-state index in [1.165, 1.54) is 36.1 Å². The van der Waals surface area contributed by atoms with Crippen molar-refractivity contribution in [2.24, 2.45) is 7.05 Å². The van der Waals surface area contributed by atoms with Gasteiger partial charge in [-0.2, -0.15) is 0 Å². The summed E-state index contributed by atoms with van der Waals surface area (Å²) in [7, 11) is 2.12. The number of rotatable bonds is 7. The molecule has 0 amide bonds. The number of imidazole rings is 2. The van der Waals surface area contributed by atoms with Crippen molar-refractivity contribution in [3.63, 3.8) is 0 Å². The number of para-hydroxylation sites is 4. The van der Waals surface area contributed by atoms with Gasteiger partial charge in [-0.1, -0.05) is 30.7 Å². The van der Waals surface area contributed by atoms with Gasteiger partial charge >= 0.3 is 0 Å². The van der Waals surface area contributed by atoms with Crippen LogP contribution in [0.4, 0.5) is 0 Å². The molecule has 4 nitrogen and oxygen atoms in total. The van der Waals surface area contributed by atoms with Crippen molar-refractivity contribution in [1.29, 1.82) is 0 Å². The number of aromatic nitrogens is 4. The molecule has 0 aliphatic rings. The predicted octanol–water partition coefficient (Wildman–Crippen LogP) is 5.14. The van der Waals surface area contributed by atoms with E-state index in [1.54, 1.807) is 0 Å². The van der Waals surface area contributed by atoms with Crippen LogP contribution in [-0.4, -0.2) is 24.3 Å². The Bertz CT molecular complexity index is 1030. The van der Waals surface area contributed by atoms with Crippen LogP contribution >= 0.6 is 11.9 Å². The summed E-state index contributed by atoms with van der Waals surface area (Å²) in [5.74, 6) is 3.38. The maximum Gasteiger partial charge on any atom is 0.116 e. The van der Waals surface area contributed by atoms with Gasteiger partial charge in [-0.25, -0.2) is 9.97 Å². The molecule has 2 aromatic heterocycles. The average molecular weight is 365 g/mol. The van der Waals surface area contributed by atoms with E-state index in [4.69, 9.17) is 4.98 Å². The zero-order valence-corrected chi connectivity index (χ0v) is 16.2. The zero-order valence-electron chi connectivity index (χ0n) is 15.4. The van der Waals surface area contributed by atoms with E-state index >= 15 is 0 Å². The predicted molar refractivity (Wildman–Crippen MR) is 111 cm³/mol. The lowest BCUT2D eigenvalue weighted by Gasteiger charge is -2.06. The van der Waals surface area contributed by atoms with Crippen molar-refractivity contribution in [2.45, 2.75) is 32.6 Å². The number of aryl methyl sites for hydroxylation is 3. The summed E-state index contributed by atoms with van der Waals surface area (Å²) in [5, 5.41) is 0. The highest BCUT2D eigenvalue weighted by Crippen LogP contribution is 2.22.